The quantitative estimate of drug-likeness (QED) is 0.784. The van der Waals surface area contributed by atoms with Gasteiger partial charge in [-0.1, -0.05) is 36.4 Å². The summed E-state index contributed by atoms with van der Waals surface area (Å²) in [7, 11) is 1.50. The molecule has 0 saturated carbocycles. The molecule has 0 fully saturated rings. The van der Waals surface area contributed by atoms with Gasteiger partial charge in [-0.3, -0.25) is 9.63 Å². The Hall–Kier alpha value is -1.95. The van der Waals surface area contributed by atoms with E-state index >= 15 is 0 Å². The number of hydroxylamine groups is 2. The van der Waals surface area contributed by atoms with Crippen LogP contribution in [0.2, 0.25) is 0 Å². The smallest absolute Gasteiger partial charge is 0.325 e. The molecule has 5 nitrogen and oxygen atoms in total. The monoisotopic (exact) mass is 275 g/mol. The van der Waals surface area contributed by atoms with Gasteiger partial charge < -0.3 is 10.2 Å². The summed E-state index contributed by atoms with van der Waals surface area (Å²) in [5.74, 6) is -1.12. The minimum absolute atomic E-state index is 0.255. The molecule has 2 aromatic rings. The average molecular weight is 275 g/mol. The number of hydrogen-bond acceptors (Lipinski definition) is 4. The third-order valence-corrected chi connectivity index (χ3v) is 3.15. The number of rotatable bonds is 6. The van der Waals surface area contributed by atoms with Crippen LogP contribution in [0.4, 0.5) is 0 Å². The lowest BCUT2D eigenvalue weighted by atomic mass is 10.1. The number of likely N-dealkylation sites (N-methyl/N-ethyl adjacent to an activating group) is 1. The number of aliphatic hydroxyl groups is 1. The first kappa shape index (κ1) is 14.5. The molecule has 0 radical (unpaired) electrons. The molecule has 2 N–H and O–H groups in total. The summed E-state index contributed by atoms with van der Waals surface area (Å²) in [6.07, 6.45) is 0. The molecule has 0 amide bonds. The Balaban J connectivity index is 2.03. The average Bonchev–Trinajstić information content (AvgIpc) is 2.45. The minimum atomic E-state index is -1.12. The van der Waals surface area contributed by atoms with Gasteiger partial charge in [-0.15, -0.1) is 0 Å². The lowest BCUT2D eigenvalue weighted by Crippen LogP contribution is -2.41. The summed E-state index contributed by atoms with van der Waals surface area (Å²) in [4.78, 5) is 16.3. The van der Waals surface area contributed by atoms with Crippen LogP contribution >= 0.6 is 0 Å². The van der Waals surface area contributed by atoms with Gasteiger partial charge in [0.05, 0.1) is 13.2 Å². The maximum atomic E-state index is 10.9. The fraction of sp³-hybridized carbons (Fsp3) is 0.267. The van der Waals surface area contributed by atoms with E-state index in [2.05, 4.69) is 0 Å². The predicted octanol–water partition coefficient (Wildman–Crippen LogP) is 1.65. The number of fused-ring (bicyclic) bond motifs is 1. The predicted molar refractivity (Wildman–Crippen MR) is 75.0 cm³/mol. The van der Waals surface area contributed by atoms with Crippen molar-refractivity contribution in [1.29, 1.82) is 0 Å². The summed E-state index contributed by atoms with van der Waals surface area (Å²) >= 11 is 0. The van der Waals surface area contributed by atoms with Crippen LogP contribution in [0.5, 0.6) is 0 Å². The summed E-state index contributed by atoms with van der Waals surface area (Å²) in [6.45, 7) is -0.241. The van der Waals surface area contributed by atoms with Crippen molar-refractivity contribution in [1.82, 2.24) is 5.06 Å². The Labute approximate surface area is 117 Å². The third-order valence-electron chi connectivity index (χ3n) is 3.15. The van der Waals surface area contributed by atoms with Gasteiger partial charge in [-0.05, 0) is 22.4 Å². The summed E-state index contributed by atoms with van der Waals surface area (Å²) in [5, 5.41) is 21.3. The van der Waals surface area contributed by atoms with Gasteiger partial charge in [0.1, 0.15) is 0 Å². The van der Waals surface area contributed by atoms with Crippen LogP contribution in [0.3, 0.4) is 0 Å². The number of carbonyl (C=O) groups is 1. The number of hydrogen-bond donors (Lipinski definition) is 2. The molecule has 2 rings (SSSR count). The van der Waals surface area contributed by atoms with Crippen LogP contribution in [0.25, 0.3) is 10.8 Å². The zero-order valence-electron chi connectivity index (χ0n) is 11.2. The highest BCUT2D eigenvalue weighted by Gasteiger charge is 2.22. The molecule has 0 saturated heterocycles. The molecule has 106 valence electrons. The zero-order valence-corrected chi connectivity index (χ0v) is 11.2. The number of carboxylic acids is 1. The molecule has 0 aliphatic carbocycles. The van der Waals surface area contributed by atoms with Gasteiger partial charge in [-0.25, -0.2) is 0 Å². The van der Waals surface area contributed by atoms with E-state index in [1.54, 1.807) is 0 Å². The standard InChI is InChI=1S/C15H17NO4/c1-16(14(9-17)15(18)19)20-10-11-6-7-12-4-2-3-5-13(12)8-11/h2-8,14,17H,9-10H2,1H3,(H,18,19)/t14-/m0/s1. The van der Waals surface area contributed by atoms with E-state index in [0.717, 1.165) is 21.4 Å². The summed E-state index contributed by atoms with van der Waals surface area (Å²) in [5.41, 5.74) is 0.942. The molecule has 1 atom stereocenters. The van der Waals surface area contributed by atoms with Gasteiger partial charge in [0.25, 0.3) is 0 Å². The number of carboxylic acid groups (broad SMARTS) is 1. The van der Waals surface area contributed by atoms with E-state index in [4.69, 9.17) is 15.1 Å². The number of benzene rings is 2. The zero-order chi connectivity index (χ0) is 14.5. The molecule has 0 spiro atoms. The van der Waals surface area contributed by atoms with Crippen LogP contribution in [0.15, 0.2) is 42.5 Å². The van der Waals surface area contributed by atoms with Crippen LogP contribution in [-0.2, 0) is 16.2 Å². The van der Waals surface area contributed by atoms with Gasteiger partial charge in [-0.2, -0.15) is 5.06 Å². The van der Waals surface area contributed by atoms with Crippen molar-refractivity contribution in [3.05, 3.63) is 48.0 Å². The fourth-order valence-electron chi connectivity index (χ4n) is 1.94. The van der Waals surface area contributed by atoms with E-state index < -0.39 is 18.6 Å². The molecule has 0 unspecified atom stereocenters. The Kier molecular flexibility index (Phi) is 4.68. The Morgan fingerprint density at radius 3 is 2.60 bits per heavy atom. The van der Waals surface area contributed by atoms with Gasteiger partial charge in [0.15, 0.2) is 6.04 Å². The van der Waals surface area contributed by atoms with Crippen LogP contribution in [-0.4, -0.2) is 40.9 Å². The van der Waals surface area contributed by atoms with Crippen molar-refractivity contribution in [2.45, 2.75) is 12.6 Å². The highest BCUT2D eigenvalue weighted by Crippen LogP contribution is 2.16. The van der Waals surface area contributed by atoms with E-state index in [9.17, 15) is 4.79 Å². The van der Waals surface area contributed by atoms with Gasteiger partial charge in [0, 0.05) is 7.05 Å². The number of nitrogens with zero attached hydrogens (tertiary/aromatic N) is 1. The third kappa shape index (κ3) is 3.33. The maximum Gasteiger partial charge on any atom is 0.325 e. The van der Waals surface area contributed by atoms with Crippen molar-refractivity contribution in [2.75, 3.05) is 13.7 Å². The SMILES string of the molecule is CN(OCc1ccc2ccccc2c1)[C@@H](CO)C(=O)O. The van der Waals surface area contributed by atoms with Crippen molar-refractivity contribution in [3.8, 4) is 0 Å². The molecule has 20 heavy (non-hydrogen) atoms. The van der Waals surface area contributed by atoms with Gasteiger partial charge in [0.2, 0.25) is 0 Å². The van der Waals surface area contributed by atoms with Crippen molar-refractivity contribution in [2.24, 2.45) is 0 Å². The van der Waals surface area contributed by atoms with E-state index in [-0.39, 0.29) is 6.61 Å². The molecule has 0 bridgehead atoms. The van der Waals surface area contributed by atoms with Crippen LogP contribution in [0.1, 0.15) is 5.56 Å². The minimum Gasteiger partial charge on any atom is -0.480 e. The second-order valence-electron chi connectivity index (χ2n) is 4.54. The summed E-state index contributed by atoms with van der Waals surface area (Å²) in [6, 6.07) is 12.8. The Morgan fingerprint density at radius 2 is 1.95 bits per heavy atom. The molecule has 5 heteroatoms. The van der Waals surface area contributed by atoms with E-state index in [0.29, 0.717) is 0 Å². The van der Waals surface area contributed by atoms with Crippen LogP contribution < -0.4 is 0 Å². The molecule has 2 aromatic carbocycles. The van der Waals surface area contributed by atoms with E-state index in [1.807, 2.05) is 42.5 Å². The molecule has 0 aliphatic rings. The second kappa shape index (κ2) is 6.47. The van der Waals surface area contributed by atoms with Crippen molar-refractivity contribution >= 4 is 16.7 Å². The molecular weight excluding hydrogens is 258 g/mol. The fourth-order valence-corrected chi connectivity index (χ4v) is 1.94. The largest absolute Gasteiger partial charge is 0.480 e. The highest BCUT2D eigenvalue weighted by molar-refractivity contribution is 5.82. The first-order valence-electron chi connectivity index (χ1n) is 6.29. The highest BCUT2D eigenvalue weighted by atomic mass is 16.7. The molecular formula is C15H17NO4. The normalized spacial score (nSPS) is 12.8. The topological polar surface area (TPSA) is 70.0 Å². The van der Waals surface area contributed by atoms with E-state index in [1.165, 1.54) is 7.05 Å². The van der Waals surface area contributed by atoms with Crippen LogP contribution in [0, 0.1) is 0 Å². The Bertz CT molecular complexity index is 599. The van der Waals surface area contributed by atoms with Crippen molar-refractivity contribution < 1.29 is 19.8 Å². The number of aliphatic carboxylic acids is 1. The van der Waals surface area contributed by atoms with Crippen molar-refractivity contribution in [3.63, 3.8) is 0 Å². The lowest BCUT2D eigenvalue weighted by Gasteiger charge is -2.22. The first-order valence-corrected chi connectivity index (χ1v) is 6.29. The lowest BCUT2D eigenvalue weighted by molar-refractivity contribution is -0.198. The Morgan fingerprint density at radius 1 is 1.25 bits per heavy atom. The first-order chi connectivity index (χ1) is 9.61. The molecule has 0 aromatic heterocycles. The summed E-state index contributed by atoms with van der Waals surface area (Å²) < 4.78 is 0. The second-order valence-corrected chi connectivity index (χ2v) is 4.54. The molecule has 0 aliphatic heterocycles. The van der Waals surface area contributed by atoms with Gasteiger partial charge >= 0.3 is 5.97 Å². The maximum absolute atomic E-state index is 10.9. The molecule has 0 heterocycles. The number of aliphatic hydroxyl groups excluding tert-OH is 1.